The van der Waals surface area contributed by atoms with Gasteiger partial charge in [0.05, 0.1) is 5.39 Å². The average molecular weight is 232 g/mol. The van der Waals surface area contributed by atoms with Crippen molar-refractivity contribution in [3.63, 3.8) is 0 Å². The van der Waals surface area contributed by atoms with Crippen molar-refractivity contribution in [2.24, 2.45) is 0 Å². The molecular weight excluding hydrogens is 216 g/mol. The summed E-state index contributed by atoms with van der Waals surface area (Å²) in [5.41, 5.74) is 6.96. The van der Waals surface area contributed by atoms with Crippen molar-refractivity contribution in [2.45, 2.75) is 33.2 Å². The van der Waals surface area contributed by atoms with Gasteiger partial charge in [0.15, 0.2) is 5.78 Å². The fourth-order valence-corrected chi connectivity index (χ4v) is 1.86. The molecule has 2 heterocycles. The Morgan fingerprint density at radius 1 is 1.35 bits per heavy atom. The molecule has 0 amide bonds. The van der Waals surface area contributed by atoms with Crippen LogP contribution in [-0.4, -0.2) is 20.3 Å². The number of ketones is 1. The van der Waals surface area contributed by atoms with E-state index in [1.165, 1.54) is 13.3 Å². The topological polar surface area (TPSA) is 73.8 Å². The molecule has 17 heavy (non-hydrogen) atoms. The molecule has 2 rings (SSSR count). The van der Waals surface area contributed by atoms with E-state index in [0.29, 0.717) is 22.4 Å². The first-order valence-corrected chi connectivity index (χ1v) is 5.45. The van der Waals surface area contributed by atoms with Gasteiger partial charge in [-0.25, -0.2) is 9.97 Å². The second kappa shape index (κ2) is 3.55. The number of fused-ring (bicyclic) bond motifs is 1. The van der Waals surface area contributed by atoms with Gasteiger partial charge in [-0.05, 0) is 27.7 Å². The molecular formula is C12H16N4O. The minimum absolute atomic E-state index is 0.0282. The van der Waals surface area contributed by atoms with Gasteiger partial charge >= 0.3 is 0 Å². The van der Waals surface area contributed by atoms with E-state index in [1.54, 1.807) is 6.20 Å². The normalized spacial score (nSPS) is 12.0. The number of carbonyl (C=O) groups excluding carboxylic acids is 1. The number of hydrogen-bond donors (Lipinski definition) is 1. The van der Waals surface area contributed by atoms with Crippen LogP contribution in [0.3, 0.4) is 0 Å². The van der Waals surface area contributed by atoms with Gasteiger partial charge in [0.1, 0.15) is 17.8 Å². The zero-order valence-corrected chi connectivity index (χ0v) is 10.5. The van der Waals surface area contributed by atoms with Gasteiger partial charge in [0.25, 0.3) is 0 Å². The summed E-state index contributed by atoms with van der Waals surface area (Å²) in [5.74, 6) is 0.322. The second-order valence-electron chi connectivity index (χ2n) is 5.10. The largest absolute Gasteiger partial charge is 0.383 e. The van der Waals surface area contributed by atoms with E-state index in [2.05, 4.69) is 30.7 Å². The highest BCUT2D eigenvalue weighted by atomic mass is 16.1. The smallest absolute Gasteiger partial charge is 0.162 e. The third kappa shape index (κ3) is 1.77. The standard InChI is InChI=1S/C12H16N4O/c1-7(17)8-5-16(12(2,3)4)11-9(8)10(13)14-6-15-11/h5-6H,1-4H3,(H2,13,14,15). The Balaban J connectivity index is 2.90. The molecule has 2 aromatic heterocycles. The SMILES string of the molecule is CC(=O)c1cn(C(C)(C)C)c2ncnc(N)c12. The first-order chi connectivity index (χ1) is 7.82. The molecule has 5 nitrogen and oxygen atoms in total. The summed E-state index contributed by atoms with van der Waals surface area (Å²) in [6.45, 7) is 7.67. The predicted molar refractivity (Wildman–Crippen MR) is 66.9 cm³/mol. The van der Waals surface area contributed by atoms with Gasteiger partial charge in [-0.1, -0.05) is 0 Å². The Hall–Kier alpha value is -1.91. The molecule has 0 fully saturated rings. The Bertz CT molecular complexity index is 592. The molecule has 90 valence electrons. The van der Waals surface area contributed by atoms with Gasteiger partial charge in [0.2, 0.25) is 0 Å². The van der Waals surface area contributed by atoms with Crippen LogP contribution >= 0.6 is 0 Å². The average Bonchev–Trinajstić information content (AvgIpc) is 2.57. The number of rotatable bonds is 1. The third-order valence-electron chi connectivity index (χ3n) is 2.71. The van der Waals surface area contributed by atoms with Gasteiger partial charge in [0, 0.05) is 17.3 Å². The third-order valence-corrected chi connectivity index (χ3v) is 2.71. The van der Waals surface area contributed by atoms with Crippen LogP contribution < -0.4 is 5.73 Å². The minimum Gasteiger partial charge on any atom is -0.383 e. The first kappa shape index (κ1) is 11.6. The Kier molecular flexibility index (Phi) is 2.41. The summed E-state index contributed by atoms with van der Waals surface area (Å²) >= 11 is 0. The minimum atomic E-state index is -0.160. The lowest BCUT2D eigenvalue weighted by atomic mass is 10.1. The summed E-state index contributed by atoms with van der Waals surface area (Å²) in [6, 6.07) is 0. The van der Waals surface area contributed by atoms with Gasteiger partial charge in [-0.15, -0.1) is 0 Å². The van der Waals surface area contributed by atoms with E-state index >= 15 is 0 Å². The van der Waals surface area contributed by atoms with Crippen LogP contribution in [0.1, 0.15) is 38.1 Å². The molecule has 0 saturated heterocycles. The zero-order chi connectivity index (χ0) is 12.8. The first-order valence-electron chi connectivity index (χ1n) is 5.45. The van der Waals surface area contributed by atoms with Crippen molar-refractivity contribution < 1.29 is 4.79 Å². The van der Waals surface area contributed by atoms with Crippen LogP contribution in [0.15, 0.2) is 12.5 Å². The summed E-state index contributed by atoms with van der Waals surface area (Å²) < 4.78 is 1.96. The van der Waals surface area contributed by atoms with Crippen LogP contribution in [-0.2, 0) is 5.54 Å². The maximum atomic E-state index is 11.6. The molecule has 0 radical (unpaired) electrons. The van der Waals surface area contributed by atoms with E-state index in [1.807, 2.05) is 4.57 Å². The highest BCUT2D eigenvalue weighted by molar-refractivity contribution is 6.09. The summed E-state index contributed by atoms with van der Waals surface area (Å²) in [6.07, 6.45) is 3.22. The number of nitrogen functional groups attached to an aromatic ring is 1. The number of carbonyl (C=O) groups is 1. The number of hydrogen-bond acceptors (Lipinski definition) is 4. The van der Waals surface area contributed by atoms with Crippen molar-refractivity contribution in [1.29, 1.82) is 0 Å². The van der Waals surface area contributed by atoms with E-state index in [4.69, 9.17) is 5.73 Å². The fourth-order valence-electron chi connectivity index (χ4n) is 1.86. The Morgan fingerprint density at radius 2 is 2.00 bits per heavy atom. The lowest BCUT2D eigenvalue weighted by molar-refractivity contribution is 0.101. The van der Waals surface area contributed by atoms with Crippen molar-refractivity contribution in [3.8, 4) is 0 Å². The highest BCUT2D eigenvalue weighted by Gasteiger charge is 2.22. The number of aromatic nitrogens is 3. The molecule has 0 aliphatic rings. The second-order valence-corrected chi connectivity index (χ2v) is 5.10. The van der Waals surface area contributed by atoms with Crippen molar-refractivity contribution in [1.82, 2.24) is 14.5 Å². The molecule has 0 aliphatic heterocycles. The number of nitrogens with zero attached hydrogens (tertiary/aromatic N) is 3. The van der Waals surface area contributed by atoms with E-state index in [-0.39, 0.29) is 11.3 Å². The van der Waals surface area contributed by atoms with Crippen molar-refractivity contribution in [3.05, 3.63) is 18.1 Å². The Morgan fingerprint density at radius 3 is 2.53 bits per heavy atom. The summed E-state index contributed by atoms with van der Waals surface area (Å²) in [7, 11) is 0. The van der Waals surface area contributed by atoms with Crippen molar-refractivity contribution >= 4 is 22.6 Å². The molecule has 5 heteroatoms. The summed E-state index contributed by atoms with van der Waals surface area (Å²) in [5, 5.41) is 0.648. The number of anilines is 1. The van der Waals surface area contributed by atoms with Gasteiger partial charge < -0.3 is 10.3 Å². The molecule has 0 saturated carbocycles. The van der Waals surface area contributed by atoms with Crippen LogP contribution in [0, 0.1) is 0 Å². The lowest BCUT2D eigenvalue weighted by Crippen LogP contribution is -2.21. The molecule has 0 unspecified atom stereocenters. The van der Waals surface area contributed by atoms with E-state index in [9.17, 15) is 4.79 Å². The Labute approximate surface area is 99.7 Å². The molecule has 0 aliphatic carbocycles. The number of nitrogens with two attached hydrogens (primary N) is 1. The maximum Gasteiger partial charge on any atom is 0.162 e. The molecule has 0 spiro atoms. The van der Waals surface area contributed by atoms with Crippen LogP contribution in [0.5, 0.6) is 0 Å². The maximum absolute atomic E-state index is 11.6. The highest BCUT2D eigenvalue weighted by Crippen LogP contribution is 2.28. The van der Waals surface area contributed by atoms with Crippen molar-refractivity contribution in [2.75, 3.05) is 5.73 Å². The molecule has 2 aromatic rings. The fraction of sp³-hybridized carbons (Fsp3) is 0.417. The predicted octanol–water partition coefficient (Wildman–Crippen LogP) is 1.97. The van der Waals surface area contributed by atoms with Crippen LogP contribution in [0.2, 0.25) is 0 Å². The monoisotopic (exact) mass is 232 g/mol. The van der Waals surface area contributed by atoms with Gasteiger partial charge in [-0.3, -0.25) is 4.79 Å². The molecule has 0 bridgehead atoms. The van der Waals surface area contributed by atoms with Crippen LogP contribution in [0.4, 0.5) is 5.82 Å². The van der Waals surface area contributed by atoms with E-state index < -0.39 is 0 Å². The molecule has 0 aromatic carbocycles. The van der Waals surface area contributed by atoms with Gasteiger partial charge in [-0.2, -0.15) is 0 Å². The number of Topliss-reactive ketones (excluding diaryl/α,β-unsaturated/α-hetero) is 1. The lowest BCUT2D eigenvalue weighted by Gasteiger charge is -2.21. The summed E-state index contributed by atoms with van der Waals surface area (Å²) in [4.78, 5) is 19.8. The zero-order valence-electron chi connectivity index (χ0n) is 10.5. The quantitative estimate of drug-likeness (QED) is 0.763. The van der Waals surface area contributed by atoms with Crippen LogP contribution in [0.25, 0.3) is 11.0 Å². The molecule has 0 atom stereocenters. The molecule has 2 N–H and O–H groups in total. The van der Waals surface area contributed by atoms with E-state index in [0.717, 1.165) is 0 Å².